The van der Waals surface area contributed by atoms with Gasteiger partial charge in [0, 0.05) is 23.8 Å². The molecule has 1 aromatic carbocycles. The lowest BCUT2D eigenvalue weighted by atomic mass is 9.85. The second-order valence-corrected chi connectivity index (χ2v) is 6.93. The Kier molecular flexibility index (Phi) is 5.73. The largest absolute Gasteiger partial charge is 0.480 e. The minimum absolute atomic E-state index is 0.0282. The van der Waals surface area contributed by atoms with Crippen molar-refractivity contribution in [3.63, 3.8) is 0 Å². The number of hydrogen-bond donors (Lipinski definition) is 2. The molecule has 3 rings (SSSR count). The summed E-state index contributed by atoms with van der Waals surface area (Å²) in [6.07, 6.45) is 2.70. The van der Waals surface area contributed by atoms with Gasteiger partial charge in [-0.2, -0.15) is 5.10 Å². The highest BCUT2D eigenvalue weighted by atomic mass is 19.1. The molecule has 1 aromatic heterocycles. The van der Waals surface area contributed by atoms with E-state index in [4.69, 9.17) is 5.11 Å². The zero-order valence-electron chi connectivity index (χ0n) is 15.7. The molecule has 150 valence electrons. The van der Waals surface area contributed by atoms with Gasteiger partial charge in [0.05, 0.1) is 6.54 Å². The summed E-state index contributed by atoms with van der Waals surface area (Å²) in [7, 11) is 0. The second kappa shape index (κ2) is 8.05. The number of carbonyl (C=O) groups is 2. The Hall–Kier alpha value is -2.81. The van der Waals surface area contributed by atoms with Gasteiger partial charge in [-0.1, -0.05) is 13.0 Å². The van der Waals surface area contributed by atoms with Crippen LogP contribution >= 0.6 is 0 Å². The van der Waals surface area contributed by atoms with Gasteiger partial charge in [0.15, 0.2) is 17.3 Å². The number of carboxylic acids is 1. The summed E-state index contributed by atoms with van der Waals surface area (Å²) in [6, 6.07) is 3.53. The fraction of sp³-hybridized carbons (Fsp3) is 0.421. The van der Waals surface area contributed by atoms with E-state index in [1.54, 1.807) is 6.92 Å². The minimum Gasteiger partial charge on any atom is -0.480 e. The van der Waals surface area contributed by atoms with Crippen molar-refractivity contribution < 1.29 is 23.5 Å². The number of halogens is 2. The maximum absolute atomic E-state index is 13.9. The molecule has 1 fully saturated rings. The Morgan fingerprint density at radius 2 is 1.96 bits per heavy atom. The average molecular weight is 392 g/mol. The van der Waals surface area contributed by atoms with Gasteiger partial charge in [0.25, 0.3) is 5.91 Å². The van der Waals surface area contributed by atoms with Gasteiger partial charge < -0.3 is 10.4 Å². The zero-order chi connectivity index (χ0) is 20.4. The van der Waals surface area contributed by atoms with Crippen LogP contribution in [0.2, 0.25) is 0 Å². The highest BCUT2D eigenvalue weighted by Crippen LogP contribution is 2.26. The number of rotatable bonds is 7. The van der Waals surface area contributed by atoms with Gasteiger partial charge in [-0.25, -0.2) is 13.5 Å². The number of amides is 1. The van der Waals surface area contributed by atoms with Crippen molar-refractivity contribution in [1.29, 1.82) is 0 Å². The number of para-hydroxylation sites is 1. The van der Waals surface area contributed by atoms with E-state index in [1.807, 2.05) is 11.8 Å². The molecule has 2 aromatic rings. The van der Waals surface area contributed by atoms with Crippen LogP contribution in [0.3, 0.4) is 0 Å². The Morgan fingerprint density at radius 1 is 1.32 bits per heavy atom. The Labute approximate surface area is 160 Å². The maximum atomic E-state index is 13.9. The third kappa shape index (κ3) is 4.04. The van der Waals surface area contributed by atoms with E-state index in [1.165, 1.54) is 12.3 Å². The van der Waals surface area contributed by atoms with Gasteiger partial charge in [-0.15, -0.1) is 0 Å². The van der Waals surface area contributed by atoms with Crippen LogP contribution in [0.15, 0.2) is 24.4 Å². The summed E-state index contributed by atoms with van der Waals surface area (Å²) in [5.74, 6) is -2.84. The quantitative estimate of drug-likeness (QED) is 0.754. The standard InChI is InChI=1S/C19H22F2N4O3/c1-3-24(10-16(26)27)13-7-12(8-13)22-19(28)17-11(2)9-25(23-17)18-14(20)5-4-6-15(18)21/h4-6,9,12-13H,3,7-8,10H2,1-2H3,(H,22,28)(H,26,27). The molecule has 0 aliphatic heterocycles. The molecule has 1 amide bonds. The molecule has 1 aliphatic carbocycles. The normalized spacial score (nSPS) is 18.8. The van der Waals surface area contributed by atoms with Crippen LogP contribution in [-0.4, -0.2) is 56.8 Å². The fourth-order valence-corrected chi connectivity index (χ4v) is 3.44. The third-order valence-electron chi connectivity index (χ3n) is 4.99. The minimum atomic E-state index is -0.879. The summed E-state index contributed by atoms with van der Waals surface area (Å²) in [5, 5.41) is 15.8. The summed E-state index contributed by atoms with van der Waals surface area (Å²) in [6.45, 7) is 4.13. The number of likely N-dealkylation sites (N-methyl/N-ethyl adjacent to an activating group) is 1. The van der Waals surface area contributed by atoms with Crippen molar-refractivity contribution in [2.75, 3.05) is 13.1 Å². The van der Waals surface area contributed by atoms with Crippen LogP contribution in [0.25, 0.3) is 5.69 Å². The molecule has 1 heterocycles. The van der Waals surface area contributed by atoms with Crippen LogP contribution in [0.5, 0.6) is 0 Å². The van der Waals surface area contributed by atoms with Crippen LogP contribution in [0.1, 0.15) is 35.8 Å². The van der Waals surface area contributed by atoms with Crippen molar-refractivity contribution in [1.82, 2.24) is 20.0 Å². The lowest BCUT2D eigenvalue weighted by Crippen LogP contribution is -2.54. The molecule has 2 N–H and O–H groups in total. The Balaban J connectivity index is 1.65. The molecule has 0 spiro atoms. The lowest BCUT2D eigenvalue weighted by molar-refractivity contribution is -0.139. The summed E-state index contributed by atoms with van der Waals surface area (Å²) in [5.41, 5.74) is 0.265. The van der Waals surface area contributed by atoms with Gasteiger partial charge in [-0.05, 0) is 38.4 Å². The first-order valence-corrected chi connectivity index (χ1v) is 9.07. The maximum Gasteiger partial charge on any atom is 0.317 e. The highest BCUT2D eigenvalue weighted by Gasteiger charge is 2.35. The number of aliphatic carboxylic acids is 1. The molecule has 0 unspecified atom stereocenters. The van der Waals surface area contributed by atoms with Gasteiger partial charge in [-0.3, -0.25) is 14.5 Å². The van der Waals surface area contributed by atoms with Crippen molar-refractivity contribution in [3.8, 4) is 5.69 Å². The van der Waals surface area contributed by atoms with Crippen LogP contribution in [0, 0.1) is 18.6 Å². The first-order chi connectivity index (χ1) is 13.3. The number of aromatic nitrogens is 2. The second-order valence-electron chi connectivity index (χ2n) is 6.93. The Bertz CT molecular complexity index is 873. The molecule has 0 radical (unpaired) electrons. The van der Waals surface area contributed by atoms with Crippen molar-refractivity contribution >= 4 is 11.9 Å². The van der Waals surface area contributed by atoms with Crippen molar-refractivity contribution in [2.24, 2.45) is 0 Å². The number of carbonyl (C=O) groups excluding carboxylic acids is 1. The number of nitrogens with zero attached hydrogens (tertiary/aromatic N) is 3. The van der Waals surface area contributed by atoms with Crippen molar-refractivity contribution in [2.45, 2.75) is 38.8 Å². The Morgan fingerprint density at radius 3 is 2.54 bits per heavy atom. The molecule has 1 aliphatic rings. The number of aryl methyl sites for hydroxylation is 1. The first-order valence-electron chi connectivity index (χ1n) is 9.07. The molecular weight excluding hydrogens is 370 g/mol. The van der Waals surface area contributed by atoms with Crippen molar-refractivity contribution in [3.05, 3.63) is 47.3 Å². The predicted molar refractivity (Wildman–Crippen MR) is 97.4 cm³/mol. The van der Waals surface area contributed by atoms with E-state index < -0.39 is 23.5 Å². The van der Waals surface area contributed by atoms with E-state index in [9.17, 15) is 18.4 Å². The number of benzene rings is 1. The molecule has 0 bridgehead atoms. The average Bonchev–Trinajstić information content (AvgIpc) is 2.97. The number of hydrogen-bond acceptors (Lipinski definition) is 4. The van der Waals surface area contributed by atoms with Gasteiger partial charge in [0.2, 0.25) is 0 Å². The third-order valence-corrected chi connectivity index (χ3v) is 4.99. The van der Waals surface area contributed by atoms with Gasteiger partial charge in [0.1, 0.15) is 5.69 Å². The first kappa shape index (κ1) is 19.9. The summed E-state index contributed by atoms with van der Waals surface area (Å²) < 4.78 is 28.9. The molecule has 9 heteroatoms. The monoisotopic (exact) mass is 392 g/mol. The van der Waals surface area contributed by atoms with E-state index in [-0.39, 0.29) is 30.0 Å². The summed E-state index contributed by atoms with van der Waals surface area (Å²) in [4.78, 5) is 25.3. The molecule has 0 atom stereocenters. The topological polar surface area (TPSA) is 87.5 Å². The lowest BCUT2D eigenvalue weighted by Gasteiger charge is -2.42. The molecule has 7 nitrogen and oxygen atoms in total. The fourth-order valence-electron chi connectivity index (χ4n) is 3.44. The smallest absolute Gasteiger partial charge is 0.317 e. The van der Waals surface area contributed by atoms with Gasteiger partial charge >= 0.3 is 5.97 Å². The summed E-state index contributed by atoms with van der Waals surface area (Å²) >= 11 is 0. The van der Waals surface area contributed by atoms with E-state index in [2.05, 4.69) is 10.4 Å². The molecule has 1 saturated carbocycles. The predicted octanol–water partition coefficient (Wildman–Crippen LogP) is 2.13. The zero-order valence-corrected chi connectivity index (χ0v) is 15.7. The molecular formula is C19H22F2N4O3. The number of nitrogens with one attached hydrogen (secondary N) is 1. The molecule has 28 heavy (non-hydrogen) atoms. The van der Waals surface area contributed by atoms with E-state index in [0.29, 0.717) is 24.9 Å². The highest BCUT2D eigenvalue weighted by molar-refractivity contribution is 5.93. The van der Waals surface area contributed by atoms with Crippen LogP contribution in [-0.2, 0) is 4.79 Å². The van der Waals surface area contributed by atoms with E-state index >= 15 is 0 Å². The van der Waals surface area contributed by atoms with Crippen LogP contribution in [0.4, 0.5) is 8.78 Å². The molecule has 0 saturated heterocycles. The SMILES string of the molecule is CCN(CC(=O)O)C1CC(NC(=O)c2nn(-c3c(F)cccc3F)cc2C)C1. The van der Waals surface area contributed by atoms with E-state index in [0.717, 1.165) is 16.8 Å². The number of carboxylic acid groups (broad SMARTS) is 1. The van der Waals surface area contributed by atoms with Crippen LogP contribution < -0.4 is 5.32 Å².